The first kappa shape index (κ1) is 15.6. The molecule has 0 bridgehead atoms. The smallest absolute Gasteiger partial charge is 0.387 e. The van der Waals surface area contributed by atoms with Gasteiger partial charge in [0, 0.05) is 18.2 Å². The first-order chi connectivity index (χ1) is 9.86. The van der Waals surface area contributed by atoms with Gasteiger partial charge in [0.2, 0.25) is 0 Å². The maximum absolute atomic E-state index is 13.4. The Labute approximate surface area is 128 Å². The van der Waals surface area contributed by atoms with Gasteiger partial charge in [-0.2, -0.15) is 8.78 Å². The molecule has 0 atom stereocenters. The van der Waals surface area contributed by atoms with E-state index in [1.165, 1.54) is 18.2 Å². The minimum Gasteiger partial charge on any atom is -0.455 e. The third-order valence-electron chi connectivity index (χ3n) is 2.40. The summed E-state index contributed by atoms with van der Waals surface area (Å²) >= 11 is 11.6. The van der Waals surface area contributed by atoms with Gasteiger partial charge in [-0.05, 0) is 12.1 Å². The van der Waals surface area contributed by atoms with Gasteiger partial charge in [0.05, 0.1) is 15.7 Å². The maximum atomic E-state index is 13.4. The molecule has 2 rings (SSSR count). The number of halogens is 5. The van der Waals surface area contributed by atoms with Gasteiger partial charge < -0.3 is 15.2 Å². The third-order valence-corrected chi connectivity index (χ3v) is 3.14. The van der Waals surface area contributed by atoms with E-state index < -0.39 is 18.2 Å². The van der Waals surface area contributed by atoms with Crippen LogP contribution in [0.2, 0.25) is 10.0 Å². The average molecular weight is 338 g/mol. The van der Waals surface area contributed by atoms with Crippen LogP contribution in [0, 0.1) is 5.82 Å². The fourth-order valence-electron chi connectivity index (χ4n) is 1.49. The van der Waals surface area contributed by atoms with Crippen molar-refractivity contribution in [2.75, 3.05) is 5.73 Å². The van der Waals surface area contributed by atoms with Crippen LogP contribution in [0.4, 0.5) is 18.9 Å². The number of benzene rings is 2. The van der Waals surface area contributed by atoms with Crippen molar-refractivity contribution in [3.63, 3.8) is 0 Å². The highest BCUT2D eigenvalue weighted by atomic mass is 35.5. The Hall–Kier alpha value is -1.79. The summed E-state index contributed by atoms with van der Waals surface area (Å²) in [5, 5.41) is 0.553. The van der Waals surface area contributed by atoms with E-state index in [9.17, 15) is 13.2 Å². The SMILES string of the molecule is Nc1cc(F)c(OC(F)F)cc1Oc1ccc(Cl)c(Cl)c1. The second-order valence-corrected chi connectivity index (χ2v) is 4.69. The summed E-state index contributed by atoms with van der Waals surface area (Å²) in [4.78, 5) is 0. The summed E-state index contributed by atoms with van der Waals surface area (Å²) in [6.45, 7) is -3.17. The summed E-state index contributed by atoms with van der Waals surface area (Å²) < 4.78 is 47.1. The molecule has 8 heteroatoms. The normalized spacial score (nSPS) is 10.8. The van der Waals surface area contributed by atoms with E-state index in [0.717, 1.165) is 12.1 Å². The lowest BCUT2D eigenvalue weighted by atomic mass is 10.2. The van der Waals surface area contributed by atoms with Crippen molar-refractivity contribution >= 4 is 28.9 Å². The fraction of sp³-hybridized carbons (Fsp3) is 0.0769. The lowest BCUT2D eigenvalue weighted by Crippen LogP contribution is -2.05. The van der Waals surface area contributed by atoms with Crippen LogP contribution < -0.4 is 15.2 Å². The zero-order valence-corrected chi connectivity index (χ0v) is 11.8. The van der Waals surface area contributed by atoms with Gasteiger partial charge in [-0.1, -0.05) is 23.2 Å². The Balaban J connectivity index is 2.32. The summed E-state index contributed by atoms with van der Waals surface area (Å²) in [7, 11) is 0. The molecule has 0 saturated carbocycles. The van der Waals surface area contributed by atoms with E-state index in [1.54, 1.807) is 0 Å². The number of anilines is 1. The van der Waals surface area contributed by atoms with E-state index in [1.807, 2.05) is 0 Å². The lowest BCUT2D eigenvalue weighted by Gasteiger charge is -2.12. The second-order valence-electron chi connectivity index (χ2n) is 3.88. The minimum atomic E-state index is -3.17. The number of ether oxygens (including phenoxy) is 2. The van der Waals surface area contributed by atoms with Gasteiger partial charge >= 0.3 is 6.61 Å². The molecular weight excluding hydrogens is 330 g/mol. The Morgan fingerprint density at radius 3 is 2.33 bits per heavy atom. The van der Waals surface area contributed by atoms with Gasteiger partial charge in [-0.3, -0.25) is 0 Å². The number of nitrogen functional groups attached to an aromatic ring is 1. The number of rotatable bonds is 4. The molecule has 0 aliphatic heterocycles. The fourth-order valence-corrected chi connectivity index (χ4v) is 1.78. The number of nitrogens with two attached hydrogens (primary N) is 1. The highest BCUT2D eigenvalue weighted by Crippen LogP contribution is 2.35. The molecule has 112 valence electrons. The quantitative estimate of drug-likeness (QED) is 0.788. The molecule has 0 aliphatic carbocycles. The zero-order valence-electron chi connectivity index (χ0n) is 10.2. The number of hydrogen-bond acceptors (Lipinski definition) is 3. The van der Waals surface area contributed by atoms with Crippen molar-refractivity contribution in [2.24, 2.45) is 0 Å². The van der Waals surface area contributed by atoms with Gasteiger partial charge in [0.1, 0.15) is 5.75 Å². The second kappa shape index (κ2) is 6.32. The molecule has 2 aromatic carbocycles. The van der Waals surface area contributed by atoms with E-state index in [0.29, 0.717) is 5.02 Å². The first-order valence-electron chi connectivity index (χ1n) is 5.53. The Kier molecular flexibility index (Phi) is 4.69. The molecule has 0 heterocycles. The van der Waals surface area contributed by atoms with E-state index in [-0.39, 0.29) is 22.2 Å². The molecule has 0 radical (unpaired) electrons. The minimum absolute atomic E-state index is 0.0505. The highest BCUT2D eigenvalue weighted by molar-refractivity contribution is 6.42. The van der Waals surface area contributed by atoms with Crippen LogP contribution in [0.15, 0.2) is 30.3 Å². The molecule has 0 saturated heterocycles. The third kappa shape index (κ3) is 3.86. The predicted octanol–water partition coefficient (Wildman–Crippen LogP) is 5.11. The summed E-state index contributed by atoms with van der Waals surface area (Å²) in [6.07, 6.45) is 0. The topological polar surface area (TPSA) is 44.5 Å². The molecule has 0 unspecified atom stereocenters. The summed E-state index contributed by atoms with van der Waals surface area (Å²) in [5.74, 6) is -1.49. The molecule has 0 fully saturated rings. The van der Waals surface area contributed by atoms with Gasteiger partial charge in [-0.15, -0.1) is 0 Å². The van der Waals surface area contributed by atoms with E-state index in [4.69, 9.17) is 33.7 Å². The van der Waals surface area contributed by atoms with Crippen LogP contribution in [-0.2, 0) is 0 Å². The molecular formula is C13H8Cl2F3NO2. The Morgan fingerprint density at radius 1 is 1.00 bits per heavy atom. The molecule has 0 aromatic heterocycles. The maximum Gasteiger partial charge on any atom is 0.387 e. The number of hydrogen-bond donors (Lipinski definition) is 1. The summed E-state index contributed by atoms with van der Waals surface area (Å²) in [6, 6.07) is 6.13. The molecule has 21 heavy (non-hydrogen) atoms. The first-order valence-corrected chi connectivity index (χ1v) is 6.29. The van der Waals surface area contributed by atoms with Crippen molar-refractivity contribution in [3.05, 3.63) is 46.2 Å². The van der Waals surface area contributed by atoms with E-state index in [2.05, 4.69) is 4.74 Å². The van der Waals surface area contributed by atoms with Crippen molar-refractivity contribution < 1.29 is 22.6 Å². The standard InChI is InChI=1S/C13H8Cl2F3NO2/c14-7-2-1-6(3-8(7)15)20-12-5-11(21-13(17)18)9(16)4-10(12)19/h1-5,13H,19H2. The summed E-state index contributed by atoms with van der Waals surface area (Å²) in [5.41, 5.74) is 5.49. The molecule has 2 aromatic rings. The molecule has 3 nitrogen and oxygen atoms in total. The average Bonchev–Trinajstić information content (AvgIpc) is 2.39. The molecule has 0 amide bonds. The van der Waals surface area contributed by atoms with Crippen LogP contribution in [0.1, 0.15) is 0 Å². The van der Waals surface area contributed by atoms with Crippen LogP contribution >= 0.6 is 23.2 Å². The van der Waals surface area contributed by atoms with Crippen LogP contribution in [-0.4, -0.2) is 6.61 Å². The van der Waals surface area contributed by atoms with Crippen molar-refractivity contribution in [3.8, 4) is 17.2 Å². The van der Waals surface area contributed by atoms with Crippen molar-refractivity contribution in [2.45, 2.75) is 6.61 Å². The van der Waals surface area contributed by atoms with Crippen molar-refractivity contribution in [1.82, 2.24) is 0 Å². The molecule has 0 spiro atoms. The van der Waals surface area contributed by atoms with Gasteiger partial charge in [0.15, 0.2) is 17.3 Å². The lowest BCUT2D eigenvalue weighted by molar-refractivity contribution is -0.0522. The largest absolute Gasteiger partial charge is 0.455 e. The van der Waals surface area contributed by atoms with E-state index >= 15 is 0 Å². The Bertz CT molecular complexity index is 668. The van der Waals surface area contributed by atoms with Gasteiger partial charge in [-0.25, -0.2) is 4.39 Å². The van der Waals surface area contributed by atoms with Crippen LogP contribution in [0.5, 0.6) is 17.2 Å². The molecule has 0 aliphatic rings. The van der Waals surface area contributed by atoms with Gasteiger partial charge in [0.25, 0.3) is 0 Å². The molecule has 2 N–H and O–H groups in total. The van der Waals surface area contributed by atoms with Crippen LogP contribution in [0.25, 0.3) is 0 Å². The predicted molar refractivity (Wildman–Crippen MR) is 74.0 cm³/mol. The monoisotopic (exact) mass is 337 g/mol. The zero-order chi connectivity index (χ0) is 15.6. The highest BCUT2D eigenvalue weighted by Gasteiger charge is 2.15. The van der Waals surface area contributed by atoms with Crippen LogP contribution in [0.3, 0.4) is 0 Å². The number of alkyl halides is 2. The van der Waals surface area contributed by atoms with Crippen molar-refractivity contribution in [1.29, 1.82) is 0 Å². The Morgan fingerprint density at radius 2 is 1.71 bits per heavy atom.